The molecule has 1 N–H and O–H groups in total. The molecule has 1 aromatic carbocycles. The second kappa shape index (κ2) is 6.29. The van der Waals surface area contributed by atoms with E-state index in [0.29, 0.717) is 4.31 Å². The van der Waals surface area contributed by atoms with Crippen LogP contribution in [0.5, 0.6) is 0 Å². The summed E-state index contributed by atoms with van der Waals surface area (Å²) >= 11 is 0. The molecule has 26 heavy (non-hydrogen) atoms. The van der Waals surface area contributed by atoms with Crippen molar-refractivity contribution in [3.8, 4) is 0 Å². The smallest absolute Gasteiger partial charge is 0.242 e. The minimum Gasteiger partial charge on any atom is -0.273 e. The molecule has 2 aliphatic heterocycles. The van der Waals surface area contributed by atoms with Gasteiger partial charge in [0, 0.05) is 12.5 Å². The molecule has 1 unspecified atom stereocenters. The van der Waals surface area contributed by atoms with Crippen LogP contribution in [0.4, 0.5) is 5.69 Å². The van der Waals surface area contributed by atoms with Gasteiger partial charge < -0.3 is 0 Å². The van der Waals surface area contributed by atoms with Crippen molar-refractivity contribution in [3.05, 3.63) is 23.8 Å². The number of anilines is 1. The summed E-state index contributed by atoms with van der Waals surface area (Å²) in [6, 6.07) is 3.11. The van der Waals surface area contributed by atoms with E-state index in [1.807, 2.05) is 0 Å². The van der Waals surface area contributed by atoms with E-state index in [1.165, 1.54) is 25.1 Å². The lowest BCUT2D eigenvalue weighted by Crippen LogP contribution is -2.36. The molecule has 3 rings (SSSR count). The van der Waals surface area contributed by atoms with Crippen molar-refractivity contribution in [2.75, 3.05) is 21.6 Å². The fourth-order valence-electron chi connectivity index (χ4n) is 3.10. The van der Waals surface area contributed by atoms with Crippen LogP contribution in [-0.4, -0.2) is 54.5 Å². The normalized spacial score (nSPS) is 24.9. The van der Waals surface area contributed by atoms with Gasteiger partial charge in [-0.15, -0.1) is 0 Å². The van der Waals surface area contributed by atoms with Gasteiger partial charge in [0.15, 0.2) is 9.84 Å². The molecule has 0 aromatic heterocycles. The van der Waals surface area contributed by atoms with Gasteiger partial charge in [0.1, 0.15) is 0 Å². The Kier molecular flexibility index (Phi) is 4.66. The third kappa shape index (κ3) is 3.63. The van der Waals surface area contributed by atoms with Gasteiger partial charge in [-0.3, -0.25) is 4.79 Å². The van der Waals surface area contributed by atoms with Gasteiger partial charge in [0.05, 0.1) is 27.8 Å². The fraction of sp³-hybridized carbons (Fsp3) is 0.500. The first-order valence-corrected chi connectivity index (χ1v) is 12.7. The maximum absolute atomic E-state index is 12.5. The van der Waals surface area contributed by atoms with Crippen LogP contribution in [0.2, 0.25) is 0 Å². The summed E-state index contributed by atoms with van der Waals surface area (Å²) < 4.78 is 75.1. The monoisotopic (exact) mass is 422 g/mol. The lowest BCUT2D eigenvalue weighted by atomic mass is 10.2. The predicted octanol–water partition coefficient (Wildman–Crippen LogP) is -0.473. The summed E-state index contributed by atoms with van der Waals surface area (Å²) in [4.78, 5) is 11.7. The molecule has 0 spiro atoms. The summed E-state index contributed by atoms with van der Waals surface area (Å²) in [5.41, 5.74) is 0.346. The Bertz CT molecular complexity index is 1080. The summed E-state index contributed by atoms with van der Waals surface area (Å²) in [6.07, 6.45) is 0.0956. The van der Waals surface area contributed by atoms with Crippen molar-refractivity contribution >= 4 is 41.5 Å². The zero-order valence-corrected chi connectivity index (χ0v) is 16.3. The van der Waals surface area contributed by atoms with Crippen molar-refractivity contribution in [3.63, 3.8) is 0 Å². The van der Waals surface area contributed by atoms with Gasteiger partial charge in [0.2, 0.25) is 26.0 Å². The molecular formula is C14H18N2O7S3. The van der Waals surface area contributed by atoms with E-state index in [9.17, 15) is 30.0 Å². The SMILES string of the molecule is Cc1cc(N2C(=O)CCS2(=O)=O)ccc1S(=O)(=O)NC1CCS(=O)(=O)C1. The molecule has 144 valence electrons. The minimum absolute atomic E-state index is 0.0625. The molecule has 0 saturated carbocycles. The van der Waals surface area contributed by atoms with E-state index in [-0.39, 0.29) is 46.2 Å². The highest BCUT2D eigenvalue weighted by Crippen LogP contribution is 2.28. The zero-order valence-electron chi connectivity index (χ0n) is 13.9. The molecule has 2 saturated heterocycles. The first-order chi connectivity index (χ1) is 11.9. The molecule has 9 nitrogen and oxygen atoms in total. The number of sulfone groups is 1. The predicted molar refractivity (Wildman–Crippen MR) is 94.4 cm³/mol. The van der Waals surface area contributed by atoms with Crippen molar-refractivity contribution in [1.29, 1.82) is 0 Å². The lowest BCUT2D eigenvalue weighted by molar-refractivity contribution is -0.116. The standard InChI is InChI=1S/C14H18N2O7S3/c1-10-8-12(16-14(17)5-7-25(16,20)21)2-3-13(10)26(22,23)15-11-4-6-24(18,19)9-11/h2-3,8,11,15H,4-7,9H2,1H3. The average molecular weight is 423 g/mol. The molecule has 1 atom stereocenters. The summed E-state index contributed by atoms with van der Waals surface area (Å²) in [5.74, 6) is -1.14. The average Bonchev–Trinajstić information content (AvgIpc) is 2.96. The summed E-state index contributed by atoms with van der Waals surface area (Å²) in [6.45, 7) is 1.48. The van der Waals surface area contributed by atoms with Gasteiger partial charge >= 0.3 is 0 Å². The quantitative estimate of drug-likeness (QED) is 0.693. The molecular weight excluding hydrogens is 404 g/mol. The van der Waals surface area contributed by atoms with Crippen molar-refractivity contribution in [1.82, 2.24) is 4.72 Å². The maximum Gasteiger partial charge on any atom is 0.242 e. The third-order valence-electron chi connectivity index (χ3n) is 4.32. The van der Waals surface area contributed by atoms with Crippen LogP contribution < -0.4 is 9.03 Å². The van der Waals surface area contributed by atoms with Crippen LogP contribution >= 0.6 is 0 Å². The van der Waals surface area contributed by atoms with E-state index in [1.54, 1.807) is 0 Å². The Balaban J connectivity index is 1.89. The van der Waals surface area contributed by atoms with Crippen molar-refractivity contribution < 1.29 is 30.0 Å². The number of aryl methyl sites for hydroxylation is 1. The van der Waals surface area contributed by atoms with E-state index in [4.69, 9.17) is 0 Å². The van der Waals surface area contributed by atoms with Crippen LogP contribution in [0.1, 0.15) is 18.4 Å². The molecule has 12 heteroatoms. The van der Waals surface area contributed by atoms with E-state index >= 15 is 0 Å². The Hall–Kier alpha value is -1.50. The number of carbonyl (C=O) groups is 1. The number of nitrogens with one attached hydrogen (secondary N) is 1. The Labute approximate surface area is 152 Å². The number of rotatable bonds is 4. The number of carbonyl (C=O) groups excluding carboxylic acids is 1. The summed E-state index contributed by atoms with van der Waals surface area (Å²) in [5, 5.41) is 0. The van der Waals surface area contributed by atoms with Gasteiger partial charge in [-0.2, -0.15) is 0 Å². The largest absolute Gasteiger partial charge is 0.273 e. The topological polar surface area (TPSA) is 135 Å². The number of amides is 1. The van der Waals surface area contributed by atoms with Crippen molar-refractivity contribution in [2.24, 2.45) is 0 Å². The zero-order chi connectivity index (χ0) is 19.3. The molecule has 0 aliphatic carbocycles. The fourth-order valence-corrected chi connectivity index (χ4v) is 7.83. The number of hydrogen-bond acceptors (Lipinski definition) is 7. The highest BCUT2D eigenvalue weighted by Gasteiger charge is 2.37. The molecule has 1 aromatic rings. The summed E-state index contributed by atoms with van der Waals surface area (Å²) in [7, 11) is -10.9. The second-order valence-electron chi connectivity index (χ2n) is 6.40. The highest BCUT2D eigenvalue weighted by atomic mass is 32.2. The third-order valence-corrected chi connectivity index (χ3v) is 9.45. The highest BCUT2D eigenvalue weighted by molar-refractivity contribution is 7.94. The van der Waals surface area contributed by atoms with E-state index in [2.05, 4.69) is 4.72 Å². The van der Waals surface area contributed by atoms with Crippen LogP contribution in [0.15, 0.2) is 23.1 Å². The maximum atomic E-state index is 12.5. The van der Waals surface area contributed by atoms with Crippen LogP contribution in [0, 0.1) is 6.92 Å². The number of sulfonamides is 2. The number of nitrogens with zero attached hydrogens (tertiary/aromatic N) is 1. The van der Waals surface area contributed by atoms with Crippen molar-refractivity contribution in [2.45, 2.75) is 30.7 Å². The Morgan fingerprint density at radius 3 is 2.35 bits per heavy atom. The molecule has 2 aliphatic rings. The lowest BCUT2D eigenvalue weighted by Gasteiger charge is -2.18. The molecule has 2 fully saturated rings. The Morgan fingerprint density at radius 1 is 1.15 bits per heavy atom. The first kappa shape index (κ1) is 19.3. The molecule has 1 amide bonds. The van der Waals surface area contributed by atoms with Gasteiger partial charge in [-0.1, -0.05) is 0 Å². The van der Waals surface area contributed by atoms with Gasteiger partial charge in [-0.05, 0) is 37.1 Å². The van der Waals surface area contributed by atoms with Gasteiger partial charge in [0.25, 0.3) is 0 Å². The minimum atomic E-state index is -3.97. The van der Waals surface area contributed by atoms with E-state index in [0.717, 1.165) is 0 Å². The van der Waals surface area contributed by atoms with Crippen LogP contribution in [0.25, 0.3) is 0 Å². The first-order valence-electron chi connectivity index (χ1n) is 7.80. The van der Waals surface area contributed by atoms with Crippen LogP contribution in [-0.2, 0) is 34.7 Å². The second-order valence-corrected chi connectivity index (χ2v) is 12.2. The number of benzene rings is 1. The van der Waals surface area contributed by atoms with Crippen LogP contribution in [0.3, 0.4) is 0 Å². The van der Waals surface area contributed by atoms with Gasteiger partial charge in [-0.25, -0.2) is 34.3 Å². The molecule has 2 heterocycles. The number of hydrogen-bond donors (Lipinski definition) is 1. The van der Waals surface area contributed by atoms with E-state index < -0.39 is 41.8 Å². The molecule has 0 bridgehead atoms. The Morgan fingerprint density at radius 2 is 1.85 bits per heavy atom. The molecule has 0 radical (unpaired) electrons.